The number of halogens is 6. The fourth-order valence-corrected chi connectivity index (χ4v) is 1.59. The third kappa shape index (κ3) is 5.72. The summed E-state index contributed by atoms with van der Waals surface area (Å²) >= 11 is 2.97. The molecule has 0 aromatic heterocycles. The minimum Gasteiger partial charge on any atom is -0.405 e. The van der Waals surface area contributed by atoms with Gasteiger partial charge in [0.2, 0.25) is 0 Å². The number of ether oxygens (including phenoxy) is 1. The van der Waals surface area contributed by atoms with Gasteiger partial charge in [-0.2, -0.15) is 0 Å². The lowest BCUT2D eigenvalue weighted by atomic mass is 10.2. The van der Waals surface area contributed by atoms with E-state index in [1.54, 1.807) is 0 Å². The molecular formula is C11H9BrF5NO2. The molecule has 0 saturated carbocycles. The first kappa shape index (κ1) is 16.7. The van der Waals surface area contributed by atoms with Crippen LogP contribution in [0.15, 0.2) is 22.7 Å². The molecule has 1 rings (SSSR count). The van der Waals surface area contributed by atoms with E-state index in [4.69, 9.17) is 0 Å². The lowest BCUT2D eigenvalue weighted by Gasteiger charge is -2.15. The number of alkyl halides is 5. The van der Waals surface area contributed by atoms with Crippen LogP contribution in [-0.2, 0) is 0 Å². The molecule has 0 unspecified atom stereocenters. The molecule has 1 amide bonds. The molecule has 0 aliphatic rings. The van der Waals surface area contributed by atoms with Crippen molar-refractivity contribution in [2.24, 2.45) is 0 Å². The molecule has 0 saturated heterocycles. The number of nitrogens with one attached hydrogen (secondary N) is 1. The van der Waals surface area contributed by atoms with Gasteiger partial charge < -0.3 is 10.1 Å². The Bertz CT molecular complexity index is 499. The molecule has 0 heterocycles. The van der Waals surface area contributed by atoms with Crippen molar-refractivity contribution in [3.63, 3.8) is 0 Å². The molecule has 1 aromatic carbocycles. The summed E-state index contributed by atoms with van der Waals surface area (Å²) in [5, 5.41) is 1.84. The molecule has 1 N–H and O–H groups in total. The summed E-state index contributed by atoms with van der Waals surface area (Å²) in [5.74, 6) is -5.03. The number of benzene rings is 1. The quantitative estimate of drug-likeness (QED) is 0.829. The van der Waals surface area contributed by atoms with Crippen LogP contribution in [0.3, 0.4) is 0 Å². The van der Waals surface area contributed by atoms with Gasteiger partial charge in [0.1, 0.15) is 5.75 Å². The number of carbonyl (C=O) groups is 1. The largest absolute Gasteiger partial charge is 0.573 e. The Morgan fingerprint density at radius 1 is 1.30 bits per heavy atom. The predicted octanol–water partition coefficient (Wildman–Crippen LogP) is 3.73. The van der Waals surface area contributed by atoms with E-state index in [9.17, 15) is 26.7 Å². The summed E-state index contributed by atoms with van der Waals surface area (Å²) in [5.41, 5.74) is -0.499. The number of amides is 1. The average molecular weight is 362 g/mol. The highest BCUT2D eigenvalue weighted by molar-refractivity contribution is 9.10. The van der Waals surface area contributed by atoms with E-state index in [1.165, 1.54) is 6.07 Å². The maximum Gasteiger partial charge on any atom is 0.573 e. The topological polar surface area (TPSA) is 38.3 Å². The maximum atomic E-state index is 12.6. The fourth-order valence-electron chi connectivity index (χ4n) is 1.22. The van der Waals surface area contributed by atoms with Crippen LogP contribution in [0.1, 0.15) is 17.3 Å². The van der Waals surface area contributed by atoms with Gasteiger partial charge in [0.15, 0.2) is 0 Å². The molecule has 9 heteroatoms. The van der Waals surface area contributed by atoms with Crippen molar-refractivity contribution in [2.45, 2.75) is 19.2 Å². The zero-order valence-corrected chi connectivity index (χ0v) is 11.6. The smallest absolute Gasteiger partial charge is 0.405 e. The van der Waals surface area contributed by atoms with Crippen molar-refractivity contribution >= 4 is 21.8 Å². The summed E-state index contributed by atoms with van der Waals surface area (Å²) in [6, 6.07) is 3.19. The number of hydrogen-bond donors (Lipinski definition) is 1. The number of hydrogen-bond acceptors (Lipinski definition) is 2. The van der Waals surface area contributed by atoms with E-state index in [0.29, 0.717) is 11.4 Å². The molecule has 0 aliphatic carbocycles. The highest BCUT2D eigenvalue weighted by Gasteiger charge is 2.33. The first-order valence-corrected chi connectivity index (χ1v) is 5.98. The van der Waals surface area contributed by atoms with Gasteiger partial charge in [-0.05, 0) is 18.2 Å². The third-order valence-corrected chi connectivity index (χ3v) is 2.46. The Morgan fingerprint density at radius 3 is 2.40 bits per heavy atom. The standard InChI is InChI=1S/C11H9BrF5NO2/c1-10(13,14)5-18-9(19)7-4-6(12)2-3-8(7)20-11(15,16)17/h2-4H,5H2,1H3,(H,18,19). The molecule has 112 valence electrons. The Hall–Kier alpha value is -1.38. The van der Waals surface area contributed by atoms with E-state index < -0.39 is 36.0 Å². The van der Waals surface area contributed by atoms with Crippen molar-refractivity contribution in [1.29, 1.82) is 0 Å². The molecule has 1 aromatic rings. The summed E-state index contributed by atoms with van der Waals surface area (Å²) in [6.07, 6.45) is -4.99. The fraction of sp³-hybridized carbons (Fsp3) is 0.364. The maximum absolute atomic E-state index is 12.6. The van der Waals surface area contributed by atoms with Crippen LogP contribution >= 0.6 is 15.9 Å². The molecule has 20 heavy (non-hydrogen) atoms. The molecule has 0 aliphatic heterocycles. The van der Waals surface area contributed by atoms with E-state index in [2.05, 4.69) is 20.7 Å². The Morgan fingerprint density at radius 2 is 1.90 bits per heavy atom. The van der Waals surface area contributed by atoms with E-state index >= 15 is 0 Å². The van der Waals surface area contributed by atoms with Gasteiger partial charge >= 0.3 is 6.36 Å². The second-order valence-corrected chi connectivity index (χ2v) is 4.86. The van der Waals surface area contributed by atoms with Gasteiger partial charge in [0.05, 0.1) is 12.1 Å². The van der Waals surface area contributed by atoms with Crippen LogP contribution in [0.4, 0.5) is 22.0 Å². The molecule has 0 fully saturated rings. The Kier molecular flexibility index (Phi) is 4.95. The van der Waals surface area contributed by atoms with Gasteiger partial charge in [-0.3, -0.25) is 4.79 Å². The van der Waals surface area contributed by atoms with Gasteiger partial charge in [0, 0.05) is 11.4 Å². The second-order valence-electron chi connectivity index (χ2n) is 3.94. The van der Waals surface area contributed by atoms with Crippen molar-refractivity contribution in [2.75, 3.05) is 6.54 Å². The van der Waals surface area contributed by atoms with Crippen LogP contribution < -0.4 is 10.1 Å². The first-order chi connectivity index (χ1) is 8.98. The minimum absolute atomic E-state index is 0.306. The van der Waals surface area contributed by atoms with Crippen molar-refractivity contribution < 1.29 is 31.5 Å². The van der Waals surface area contributed by atoms with Crippen LogP contribution in [0.2, 0.25) is 0 Å². The highest BCUT2D eigenvalue weighted by Crippen LogP contribution is 2.29. The molecule has 0 radical (unpaired) electrons. The van der Waals surface area contributed by atoms with Crippen molar-refractivity contribution in [1.82, 2.24) is 5.32 Å². The van der Waals surface area contributed by atoms with Crippen LogP contribution in [0, 0.1) is 0 Å². The number of carbonyl (C=O) groups excluding carboxylic acids is 1. The van der Waals surface area contributed by atoms with E-state index in [0.717, 1.165) is 12.1 Å². The Labute approximate surface area is 119 Å². The normalized spacial score (nSPS) is 12.2. The van der Waals surface area contributed by atoms with Crippen LogP contribution in [0.25, 0.3) is 0 Å². The van der Waals surface area contributed by atoms with Gasteiger partial charge in [-0.1, -0.05) is 15.9 Å². The zero-order chi connectivity index (χ0) is 15.6. The van der Waals surface area contributed by atoms with Crippen molar-refractivity contribution in [3.05, 3.63) is 28.2 Å². The van der Waals surface area contributed by atoms with Gasteiger partial charge in [0.25, 0.3) is 11.8 Å². The monoisotopic (exact) mass is 361 g/mol. The first-order valence-electron chi connectivity index (χ1n) is 5.19. The second kappa shape index (κ2) is 5.94. The summed E-state index contributed by atoms with van der Waals surface area (Å²) in [4.78, 5) is 11.6. The summed E-state index contributed by atoms with van der Waals surface area (Å²) in [7, 11) is 0. The molecule has 0 bridgehead atoms. The minimum atomic E-state index is -4.99. The summed E-state index contributed by atoms with van der Waals surface area (Å²) in [6.45, 7) is -0.425. The van der Waals surface area contributed by atoms with E-state index in [1.807, 2.05) is 5.32 Å². The summed E-state index contributed by atoms with van der Waals surface area (Å²) < 4.78 is 65.7. The molecular weight excluding hydrogens is 353 g/mol. The molecule has 3 nitrogen and oxygen atoms in total. The SMILES string of the molecule is CC(F)(F)CNC(=O)c1cc(Br)ccc1OC(F)(F)F. The van der Waals surface area contributed by atoms with Gasteiger partial charge in [-0.25, -0.2) is 8.78 Å². The third-order valence-electron chi connectivity index (χ3n) is 1.97. The Balaban J connectivity index is 2.97. The van der Waals surface area contributed by atoms with Crippen LogP contribution in [-0.4, -0.2) is 24.7 Å². The number of rotatable bonds is 4. The van der Waals surface area contributed by atoms with Crippen molar-refractivity contribution in [3.8, 4) is 5.75 Å². The highest BCUT2D eigenvalue weighted by atomic mass is 79.9. The predicted molar refractivity (Wildman–Crippen MR) is 63.8 cm³/mol. The molecule has 0 atom stereocenters. The average Bonchev–Trinajstić information content (AvgIpc) is 2.25. The van der Waals surface area contributed by atoms with Gasteiger partial charge in [-0.15, -0.1) is 13.2 Å². The lowest BCUT2D eigenvalue weighted by molar-refractivity contribution is -0.274. The van der Waals surface area contributed by atoms with E-state index in [-0.39, 0.29) is 0 Å². The molecule has 0 spiro atoms. The zero-order valence-electron chi connectivity index (χ0n) is 10.0. The lowest BCUT2D eigenvalue weighted by Crippen LogP contribution is -2.35. The van der Waals surface area contributed by atoms with Crippen LogP contribution in [0.5, 0.6) is 5.75 Å².